The van der Waals surface area contributed by atoms with Crippen molar-refractivity contribution in [2.75, 3.05) is 39.3 Å². The van der Waals surface area contributed by atoms with Crippen LogP contribution in [0.25, 0.3) is 0 Å². The number of aldehydes is 1. The van der Waals surface area contributed by atoms with E-state index in [2.05, 4.69) is 0 Å². The third-order valence-electron chi connectivity index (χ3n) is 3.91. The van der Waals surface area contributed by atoms with Gasteiger partial charge in [0.1, 0.15) is 18.6 Å². The zero-order valence-electron chi connectivity index (χ0n) is 15.4. The third-order valence-corrected chi connectivity index (χ3v) is 3.91. The van der Waals surface area contributed by atoms with Crippen molar-refractivity contribution in [2.45, 2.75) is 0 Å². The summed E-state index contributed by atoms with van der Waals surface area (Å²) in [7, 11) is 4.42. The van der Waals surface area contributed by atoms with E-state index in [-0.39, 0.29) is 11.1 Å². The lowest BCUT2D eigenvalue weighted by atomic mass is 10.1. The van der Waals surface area contributed by atoms with Crippen molar-refractivity contribution in [1.82, 2.24) is 0 Å². The fourth-order valence-corrected chi connectivity index (χ4v) is 2.39. The highest BCUT2D eigenvalue weighted by atomic mass is 16.5. The van der Waals surface area contributed by atoms with Crippen LogP contribution in [0.1, 0.15) is 31.1 Å². The summed E-state index contributed by atoms with van der Waals surface area (Å²) in [4.78, 5) is 36.2. The van der Waals surface area contributed by atoms with Gasteiger partial charge in [0.2, 0.25) is 0 Å². The topological polar surface area (TPSA) is 82.1 Å². The molecular formula is C20H21NO6. The predicted molar refractivity (Wildman–Crippen MR) is 99.7 cm³/mol. The maximum absolute atomic E-state index is 11.8. The van der Waals surface area contributed by atoms with Gasteiger partial charge in [-0.05, 0) is 42.5 Å². The molecule has 0 aliphatic rings. The number of likely N-dealkylation sites (N-methyl/N-ethyl adjacent to an activating group) is 1. The molecular weight excluding hydrogens is 350 g/mol. The summed E-state index contributed by atoms with van der Waals surface area (Å²) in [5.74, 6) is -0.779. The second-order valence-corrected chi connectivity index (χ2v) is 5.71. The van der Waals surface area contributed by atoms with Crippen LogP contribution in [0.4, 0.5) is 5.69 Å². The number of anilines is 1. The summed E-state index contributed by atoms with van der Waals surface area (Å²) in [6, 6.07) is 11.6. The first-order chi connectivity index (χ1) is 13.0. The molecule has 2 aromatic carbocycles. The highest BCUT2D eigenvalue weighted by molar-refractivity contribution is 5.96. The Kier molecular flexibility index (Phi) is 6.93. The molecule has 0 N–H and O–H groups in total. The lowest BCUT2D eigenvalue weighted by Gasteiger charge is -2.19. The maximum atomic E-state index is 11.8. The fourth-order valence-electron chi connectivity index (χ4n) is 2.39. The van der Waals surface area contributed by atoms with Crippen molar-refractivity contribution in [3.05, 3.63) is 59.2 Å². The standard InChI is InChI=1S/C20H21NO6/c1-21(17-6-4-14(13-22)5-7-17)8-9-27-18-11-15(19(23)25-2)10-16(12-18)20(24)26-3/h4-7,10-13H,8-9H2,1-3H3. The van der Waals surface area contributed by atoms with Crippen LogP contribution < -0.4 is 9.64 Å². The van der Waals surface area contributed by atoms with E-state index in [0.717, 1.165) is 12.0 Å². The monoisotopic (exact) mass is 371 g/mol. The van der Waals surface area contributed by atoms with Gasteiger partial charge in [-0.15, -0.1) is 0 Å². The van der Waals surface area contributed by atoms with Crippen molar-refractivity contribution in [3.8, 4) is 5.75 Å². The van der Waals surface area contributed by atoms with Gasteiger partial charge in [0, 0.05) is 18.3 Å². The van der Waals surface area contributed by atoms with Crippen molar-refractivity contribution in [2.24, 2.45) is 0 Å². The summed E-state index contributed by atoms with van der Waals surface area (Å²) >= 11 is 0. The fraction of sp³-hybridized carbons (Fsp3) is 0.250. The number of rotatable bonds is 8. The Morgan fingerprint density at radius 1 is 0.963 bits per heavy atom. The van der Waals surface area contributed by atoms with E-state index in [0.29, 0.717) is 24.5 Å². The first kappa shape index (κ1) is 20.0. The molecule has 0 saturated heterocycles. The van der Waals surface area contributed by atoms with E-state index >= 15 is 0 Å². The van der Waals surface area contributed by atoms with Gasteiger partial charge >= 0.3 is 11.9 Å². The number of hydrogen-bond donors (Lipinski definition) is 0. The normalized spacial score (nSPS) is 10.0. The Balaban J connectivity index is 2.06. The molecule has 27 heavy (non-hydrogen) atoms. The summed E-state index contributed by atoms with van der Waals surface area (Å²) in [5, 5.41) is 0. The molecule has 142 valence electrons. The van der Waals surface area contributed by atoms with E-state index in [1.807, 2.05) is 24.1 Å². The SMILES string of the molecule is COC(=O)c1cc(OCCN(C)c2ccc(C=O)cc2)cc(C(=O)OC)c1. The largest absolute Gasteiger partial charge is 0.492 e. The van der Waals surface area contributed by atoms with Gasteiger partial charge in [0.25, 0.3) is 0 Å². The van der Waals surface area contributed by atoms with Crippen LogP contribution in [0.15, 0.2) is 42.5 Å². The summed E-state index contributed by atoms with van der Waals surface area (Å²) < 4.78 is 15.1. The molecule has 0 radical (unpaired) electrons. The molecule has 0 unspecified atom stereocenters. The zero-order chi connectivity index (χ0) is 19.8. The first-order valence-electron chi connectivity index (χ1n) is 8.19. The number of ether oxygens (including phenoxy) is 3. The number of benzene rings is 2. The van der Waals surface area contributed by atoms with Crippen molar-refractivity contribution < 1.29 is 28.6 Å². The van der Waals surface area contributed by atoms with Gasteiger partial charge in [-0.25, -0.2) is 9.59 Å². The van der Waals surface area contributed by atoms with Crippen LogP contribution in [-0.2, 0) is 9.47 Å². The average molecular weight is 371 g/mol. The second kappa shape index (κ2) is 9.38. The van der Waals surface area contributed by atoms with E-state index in [9.17, 15) is 14.4 Å². The Bertz CT molecular complexity index is 781. The van der Waals surface area contributed by atoms with Crippen molar-refractivity contribution in [1.29, 1.82) is 0 Å². The molecule has 0 saturated carbocycles. The highest BCUT2D eigenvalue weighted by Crippen LogP contribution is 2.19. The smallest absolute Gasteiger partial charge is 0.338 e. The molecule has 2 aromatic rings. The van der Waals surface area contributed by atoms with E-state index in [1.54, 1.807) is 12.1 Å². The van der Waals surface area contributed by atoms with Crippen LogP contribution in [0, 0.1) is 0 Å². The zero-order valence-corrected chi connectivity index (χ0v) is 15.4. The first-order valence-corrected chi connectivity index (χ1v) is 8.19. The molecule has 0 aromatic heterocycles. The summed E-state index contributed by atoms with van der Waals surface area (Å²) in [6.45, 7) is 0.869. The second-order valence-electron chi connectivity index (χ2n) is 5.71. The molecule has 2 rings (SSSR count). The molecule has 0 bridgehead atoms. The van der Waals surface area contributed by atoms with E-state index in [4.69, 9.17) is 14.2 Å². The Labute approximate surface area is 157 Å². The minimum atomic E-state index is -0.571. The van der Waals surface area contributed by atoms with Gasteiger partial charge in [-0.3, -0.25) is 4.79 Å². The van der Waals surface area contributed by atoms with Crippen molar-refractivity contribution in [3.63, 3.8) is 0 Å². The molecule has 0 atom stereocenters. The lowest BCUT2D eigenvalue weighted by Crippen LogP contribution is -2.23. The Hall–Kier alpha value is -3.35. The predicted octanol–water partition coefficient (Wildman–Crippen LogP) is 2.59. The maximum Gasteiger partial charge on any atom is 0.338 e. The number of carbonyl (C=O) groups is 3. The number of methoxy groups -OCH3 is 2. The number of esters is 2. The molecule has 0 spiro atoms. The van der Waals surface area contributed by atoms with Crippen LogP contribution in [0.5, 0.6) is 5.75 Å². The number of nitrogens with zero attached hydrogens (tertiary/aromatic N) is 1. The molecule has 0 amide bonds. The molecule has 0 fully saturated rings. The minimum absolute atomic E-state index is 0.202. The molecule has 0 aliphatic carbocycles. The van der Waals surface area contributed by atoms with Gasteiger partial charge in [0.15, 0.2) is 0 Å². The molecule has 0 aliphatic heterocycles. The van der Waals surface area contributed by atoms with Crippen LogP contribution in [0.3, 0.4) is 0 Å². The Morgan fingerprint density at radius 3 is 2.00 bits per heavy atom. The van der Waals surface area contributed by atoms with Crippen LogP contribution in [0.2, 0.25) is 0 Å². The minimum Gasteiger partial charge on any atom is -0.492 e. The number of hydrogen-bond acceptors (Lipinski definition) is 7. The van der Waals surface area contributed by atoms with Gasteiger partial charge < -0.3 is 19.1 Å². The molecule has 7 heteroatoms. The summed E-state index contributed by atoms with van der Waals surface area (Å²) in [5.41, 5.74) is 1.95. The highest BCUT2D eigenvalue weighted by Gasteiger charge is 2.14. The van der Waals surface area contributed by atoms with Gasteiger partial charge in [-0.1, -0.05) is 0 Å². The van der Waals surface area contributed by atoms with Gasteiger partial charge in [0.05, 0.1) is 31.9 Å². The Morgan fingerprint density at radius 2 is 1.52 bits per heavy atom. The lowest BCUT2D eigenvalue weighted by molar-refractivity contribution is 0.0598. The van der Waals surface area contributed by atoms with Gasteiger partial charge in [-0.2, -0.15) is 0 Å². The molecule has 0 heterocycles. The van der Waals surface area contributed by atoms with E-state index < -0.39 is 11.9 Å². The summed E-state index contributed by atoms with van der Waals surface area (Å²) in [6.07, 6.45) is 0.792. The average Bonchev–Trinajstić information content (AvgIpc) is 2.72. The third kappa shape index (κ3) is 5.31. The molecule has 7 nitrogen and oxygen atoms in total. The quantitative estimate of drug-likeness (QED) is 0.521. The van der Waals surface area contributed by atoms with Crippen LogP contribution >= 0.6 is 0 Å². The number of carbonyl (C=O) groups excluding carboxylic acids is 3. The van der Waals surface area contributed by atoms with E-state index in [1.165, 1.54) is 32.4 Å². The van der Waals surface area contributed by atoms with Crippen LogP contribution in [-0.4, -0.2) is 52.6 Å². The van der Waals surface area contributed by atoms with Crippen molar-refractivity contribution >= 4 is 23.9 Å².